The molecule has 2 atom stereocenters. The Labute approximate surface area is 121 Å². The van der Waals surface area contributed by atoms with E-state index in [1.54, 1.807) is 6.34 Å². The Bertz CT molecular complexity index is 615. The van der Waals surface area contributed by atoms with E-state index >= 15 is 0 Å². The number of aromatic nitrogens is 1. The second-order valence-corrected chi connectivity index (χ2v) is 6.00. The summed E-state index contributed by atoms with van der Waals surface area (Å²) in [6.07, 6.45) is 6.90. The summed E-state index contributed by atoms with van der Waals surface area (Å²) < 4.78 is 0. The topological polar surface area (TPSA) is 93.4 Å². The minimum atomic E-state index is -0.666. The SMILES string of the molecule is O=C(O)C1CCC(C2N=NN3C=Nc4[nH]ccc4C23)CC1. The zero-order valence-corrected chi connectivity index (χ0v) is 11.5. The molecule has 0 amide bonds. The molecule has 2 aliphatic heterocycles. The molecule has 0 radical (unpaired) electrons. The van der Waals surface area contributed by atoms with Gasteiger partial charge in [0.05, 0.1) is 5.92 Å². The molecule has 1 aromatic heterocycles. The maximum absolute atomic E-state index is 11.1. The highest BCUT2D eigenvalue weighted by Gasteiger charge is 2.43. The number of carboxylic acids is 1. The van der Waals surface area contributed by atoms with Crippen molar-refractivity contribution in [1.82, 2.24) is 9.99 Å². The number of aliphatic imine (C=N–C) groups is 1. The third kappa shape index (κ3) is 1.95. The third-order valence-corrected chi connectivity index (χ3v) is 4.88. The van der Waals surface area contributed by atoms with Crippen LogP contribution in [0.1, 0.15) is 37.3 Å². The Morgan fingerprint density at radius 1 is 1.33 bits per heavy atom. The fourth-order valence-electron chi connectivity index (χ4n) is 3.72. The monoisotopic (exact) mass is 287 g/mol. The van der Waals surface area contributed by atoms with Gasteiger partial charge in [-0.2, -0.15) is 5.11 Å². The summed E-state index contributed by atoms with van der Waals surface area (Å²) in [6.45, 7) is 0. The number of nitrogens with one attached hydrogen (secondary N) is 1. The highest BCUT2D eigenvalue weighted by Crippen LogP contribution is 2.45. The zero-order valence-electron chi connectivity index (χ0n) is 11.5. The van der Waals surface area contributed by atoms with E-state index in [9.17, 15) is 4.79 Å². The maximum atomic E-state index is 11.1. The van der Waals surface area contributed by atoms with Crippen molar-refractivity contribution in [3.63, 3.8) is 0 Å². The Morgan fingerprint density at radius 3 is 2.90 bits per heavy atom. The van der Waals surface area contributed by atoms with Crippen LogP contribution in [0.15, 0.2) is 27.6 Å². The predicted octanol–water partition coefficient (Wildman–Crippen LogP) is 2.67. The van der Waals surface area contributed by atoms with E-state index in [0.29, 0.717) is 5.92 Å². The molecule has 0 aromatic carbocycles. The number of H-pyrrole nitrogens is 1. The molecule has 0 saturated heterocycles. The molecule has 1 aliphatic carbocycles. The number of rotatable bonds is 2. The van der Waals surface area contributed by atoms with Gasteiger partial charge in [-0.05, 0) is 37.7 Å². The number of carbonyl (C=O) groups is 1. The molecular formula is C14H17N5O2. The van der Waals surface area contributed by atoms with E-state index in [1.807, 2.05) is 17.3 Å². The Kier molecular flexibility index (Phi) is 2.80. The fourth-order valence-corrected chi connectivity index (χ4v) is 3.72. The van der Waals surface area contributed by atoms with E-state index in [1.165, 1.54) is 0 Å². The highest BCUT2D eigenvalue weighted by molar-refractivity contribution is 5.70. The Hall–Kier alpha value is -2.18. The molecular weight excluding hydrogens is 270 g/mol. The molecule has 1 aromatic rings. The summed E-state index contributed by atoms with van der Waals surface area (Å²) in [4.78, 5) is 18.5. The van der Waals surface area contributed by atoms with Gasteiger partial charge >= 0.3 is 5.97 Å². The molecule has 4 rings (SSSR count). The lowest BCUT2D eigenvalue weighted by atomic mass is 9.76. The summed E-state index contributed by atoms with van der Waals surface area (Å²) in [6, 6.07) is 2.24. The number of aliphatic carboxylic acids is 1. The van der Waals surface area contributed by atoms with Crippen molar-refractivity contribution in [3.05, 3.63) is 17.8 Å². The highest BCUT2D eigenvalue weighted by atomic mass is 16.4. The van der Waals surface area contributed by atoms with E-state index in [2.05, 4.69) is 20.3 Å². The summed E-state index contributed by atoms with van der Waals surface area (Å²) in [5.74, 6) is 0.425. The minimum absolute atomic E-state index is 0.0982. The molecule has 1 fully saturated rings. The van der Waals surface area contributed by atoms with Crippen LogP contribution in [0.3, 0.4) is 0 Å². The van der Waals surface area contributed by atoms with E-state index in [0.717, 1.165) is 37.1 Å². The van der Waals surface area contributed by atoms with Crippen molar-refractivity contribution in [3.8, 4) is 0 Å². The van der Waals surface area contributed by atoms with Gasteiger partial charge in [-0.25, -0.2) is 10.0 Å². The number of nitrogens with zero attached hydrogens (tertiary/aromatic N) is 4. The van der Waals surface area contributed by atoms with Gasteiger partial charge in [0, 0.05) is 11.8 Å². The number of aromatic amines is 1. The molecule has 3 heterocycles. The van der Waals surface area contributed by atoms with Gasteiger partial charge < -0.3 is 10.1 Å². The van der Waals surface area contributed by atoms with Crippen molar-refractivity contribution in [1.29, 1.82) is 0 Å². The first-order valence-electron chi connectivity index (χ1n) is 7.37. The Balaban J connectivity index is 1.54. The van der Waals surface area contributed by atoms with Gasteiger partial charge in [-0.15, -0.1) is 0 Å². The van der Waals surface area contributed by atoms with Crippen LogP contribution >= 0.6 is 0 Å². The fraction of sp³-hybridized carbons (Fsp3) is 0.571. The Morgan fingerprint density at radius 2 is 2.14 bits per heavy atom. The second kappa shape index (κ2) is 4.68. The van der Waals surface area contributed by atoms with Crippen LogP contribution in [0.25, 0.3) is 0 Å². The van der Waals surface area contributed by atoms with Crippen molar-refractivity contribution in [2.45, 2.75) is 37.8 Å². The predicted molar refractivity (Wildman–Crippen MR) is 75.3 cm³/mol. The van der Waals surface area contributed by atoms with Crippen LogP contribution in [0.2, 0.25) is 0 Å². The van der Waals surface area contributed by atoms with Crippen molar-refractivity contribution < 1.29 is 9.90 Å². The van der Waals surface area contributed by atoms with Crippen molar-refractivity contribution >= 4 is 18.1 Å². The summed E-state index contributed by atoms with van der Waals surface area (Å²) >= 11 is 0. The molecule has 0 spiro atoms. The average Bonchev–Trinajstić information content (AvgIpc) is 3.13. The van der Waals surface area contributed by atoms with Crippen LogP contribution in [0, 0.1) is 11.8 Å². The first-order valence-corrected chi connectivity index (χ1v) is 7.37. The molecule has 3 aliphatic rings. The third-order valence-electron chi connectivity index (χ3n) is 4.88. The van der Waals surface area contributed by atoms with Crippen LogP contribution < -0.4 is 0 Å². The summed E-state index contributed by atoms with van der Waals surface area (Å²) in [7, 11) is 0. The standard InChI is InChI=1S/C14H17N5O2/c20-14(21)9-3-1-8(2-4-9)11-12-10-5-6-15-13(10)16-7-19(12)18-17-11/h5-9,11-12,15H,1-4H2,(H,20,21). The molecule has 21 heavy (non-hydrogen) atoms. The lowest BCUT2D eigenvalue weighted by Crippen LogP contribution is -2.35. The van der Waals surface area contributed by atoms with E-state index in [4.69, 9.17) is 5.11 Å². The lowest BCUT2D eigenvalue weighted by molar-refractivity contribution is -0.143. The van der Waals surface area contributed by atoms with Crippen LogP contribution in [-0.2, 0) is 4.79 Å². The number of carboxylic acid groups (broad SMARTS) is 1. The maximum Gasteiger partial charge on any atom is 0.306 e. The van der Waals surface area contributed by atoms with Crippen LogP contribution in [-0.4, -0.2) is 33.4 Å². The molecule has 1 saturated carbocycles. The van der Waals surface area contributed by atoms with Gasteiger partial charge in [0.25, 0.3) is 0 Å². The first kappa shape index (κ1) is 12.6. The molecule has 0 bridgehead atoms. The van der Waals surface area contributed by atoms with Gasteiger partial charge in [-0.1, -0.05) is 5.22 Å². The molecule has 110 valence electrons. The summed E-state index contributed by atoms with van der Waals surface area (Å²) in [5.41, 5.74) is 1.13. The molecule has 7 nitrogen and oxygen atoms in total. The number of hydrogen-bond donors (Lipinski definition) is 2. The largest absolute Gasteiger partial charge is 0.481 e. The zero-order chi connectivity index (χ0) is 14.4. The summed E-state index contributed by atoms with van der Waals surface area (Å²) in [5, 5.41) is 19.6. The number of fused-ring (bicyclic) bond motifs is 3. The first-order chi connectivity index (χ1) is 10.2. The van der Waals surface area contributed by atoms with Crippen LogP contribution in [0.4, 0.5) is 5.82 Å². The average molecular weight is 287 g/mol. The van der Waals surface area contributed by atoms with E-state index in [-0.39, 0.29) is 18.0 Å². The molecule has 2 unspecified atom stereocenters. The second-order valence-electron chi connectivity index (χ2n) is 6.00. The number of hydrogen-bond acceptors (Lipinski definition) is 5. The van der Waals surface area contributed by atoms with Crippen molar-refractivity contribution in [2.75, 3.05) is 0 Å². The lowest BCUT2D eigenvalue weighted by Gasteiger charge is -2.33. The van der Waals surface area contributed by atoms with Crippen LogP contribution in [0.5, 0.6) is 0 Å². The molecule has 7 heteroatoms. The van der Waals surface area contributed by atoms with E-state index < -0.39 is 5.97 Å². The van der Waals surface area contributed by atoms with Gasteiger partial charge in [0.1, 0.15) is 24.2 Å². The minimum Gasteiger partial charge on any atom is -0.481 e. The smallest absolute Gasteiger partial charge is 0.306 e. The van der Waals surface area contributed by atoms with Gasteiger partial charge in [0.15, 0.2) is 0 Å². The normalized spacial score (nSPS) is 33.8. The van der Waals surface area contributed by atoms with Crippen molar-refractivity contribution in [2.24, 2.45) is 27.2 Å². The quantitative estimate of drug-likeness (QED) is 0.875. The molecule has 2 N–H and O–H groups in total. The van der Waals surface area contributed by atoms with Gasteiger partial charge in [-0.3, -0.25) is 4.79 Å². The van der Waals surface area contributed by atoms with Gasteiger partial charge in [0.2, 0.25) is 0 Å².